The van der Waals surface area contributed by atoms with Gasteiger partial charge < -0.3 is 20.2 Å². The van der Waals surface area contributed by atoms with Crippen molar-refractivity contribution >= 4 is 23.2 Å². The van der Waals surface area contributed by atoms with Crippen molar-refractivity contribution in [2.75, 3.05) is 29.9 Å². The molecule has 0 aliphatic carbocycles. The number of carbonyl (C=O) groups excluding carboxylic acids is 1. The molecule has 2 N–H and O–H groups in total. The van der Waals surface area contributed by atoms with E-state index in [9.17, 15) is 9.90 Å². The molecule has 3 aromatic rings. The van der Waals surface area contributed by atoms with Gasteiger partial charge in [-0.25, -0.2) is 14.3 Å². The fourth-order valence-electron chi connectivity index (χ4n) is 4.71. The van der Waals surface area contributed by atoms with Crippen LogP contribution >= 0.6 is 0 Å². The van der Waals surface area contributed by atoms with E-state index in [2.05, 4.69) is 47.4 Å². The Labute approximate surface area is 181 Å². The number of fused-ring (bicyclic) bond motifs is 1. The first kappa shape index (κ1) is 19.8. The second kappa shape index (κ2) is 7.85. The van der Waals surface area contributed by atoms with Crippen LogP contribution in [0.3, 0.4) is 0 Å². The number of benzene rings is 1. The molecule has 2 aromatic heterocycles. The predicted octanol–water partition coefficient (Wildman–Crippen LogP) is 3.29. The van der Waals surface area contributed by atoms with Gasteiger partial charge in [-0.05, 0) is 50.3 Å². The van der Waals surface area contributed by atoms with E-state index in [1.54, 1.807) is 15.6 Å². The minimum atomic E-state index is -0.448. The molecule has 162 valence electrons. The molecule has 4 heterocycles. The number of aromatic nitrogens is 3. The van der Waals surface area contributed by atoms with Crippen LogP contribution in [-0.2, 0) is 0 Å². The highest BCUT2D eigenvalue weighted by molar-refractivity contribution is 5.93. The highest BCUT2D eigenvalue weighted by Gasteiger charge is 2.29. The molecule has 31 heavy (non-hydrogen) atoms. The third kappa shape index (κ3) is 3.72. The van der Waals surface area contributed by atoms with Gasteiger partial charge in [0.15, 0.2) is 5.65 Å². The molecule has 0 saturated carbocycles. The van der Waals surface area contributed by atoms with Crippen LogP contribution < -0.4 is 10.2 Å². The van der Waals surface area contributed by atoms with E-state index in [0.29, 0.717) is 36.9 Å². The lowest BCUT2D eigenvalue weighted by Crippen LogP contribution is -2.33. The molecule has 2 atom stereocenters. The van der Waals surface area contributed by atoms with E-state index >= 15 is 0 Å². The summed E-state index contributed by atoms with van der Waals surface area (Å²) < 4.78 is 1.68. The average Bonchev–Trinajstić information content (AvgIpc) is 3.49. The van der Waals surface area contributed by atoms with Crippen molar-refractivity contribution in [3.05, 3.63) is 53.3 Å². The lowest BCUT2D eigenvalue weighted by molar-refractivity contribution is 0.176. The number of hydrogen-bond donors (Lipinski definition) is 2. The summed E-state index contributed by atoms with van der Waals surface area (Å²) in [4.78, 5) is 21.4. The summed E-state index contributed by atoms with van der Waals surface area (Å²) in [7, 11) is 0. The van der Waals surface area contributed by atoms with Crippen molar-refractivity contribution in [1.29, 1.82) is 0 Å². The Hall–Kier alpha value is -3.13. The number of urea groups is 1. The Kier molecular flexibility index (Phi) is 5.02. The van der Waals surface area contributed by atoms with Gasteiger partial charge in [-0.2, -0.15) is 5.10 Å². The number of aliphatic hydroxyl groups is 1. The zero-order valence-corrected chi connectivity index (χ0v) is 18.0. The summed E-state index contributed by atoms with van der Waals surface area (Å²) in [6.07, 6.45) is 5.90. The highest BCUT2D eigenvalue weighted by Crippen LogP contribution is 2.37. The third-order valence-corrected chi connectivity index (χ3v) is 6.39. The van der Waals surface area contributed by atoms with Crippen molar-refractivity contribution < 1.29 is 9.90 Å². The topological polar surface area (TPSA) is 86.0 Å². The van der Waals surface area contributed by atoms with E-state index in [0.717, 1.165) is 25.2 Å². The Bertz CT molecular complexity index is 1130. The fraction of sp³-hybridized carbons (Fsp3) is 0.435. The van der Waals surface area contributed by atoms with E-state index in [-0.39, 0.29) is 6.03 Å². The van der Waals surface area contributed by atoms with Gasteiger partial charge in [0.2, 0.25) is 0 Å². The highest BCUT2D eigenvalue weighted by atomic mass is 16.3. The van der Waals surface area contributed by atoms with Crippen LogP contribution in [0.2, 0.25) is 0 Å². The molecule has 0 bridgehead atoms. The van der Waals surface area contributed by atoms with E-state index < -0.39 is 6.10 Å². The van der Waals surface area contributed by atoms with Gasteiger partial charge in [-0.1, -0.05) is 23.8 Å². The van der Waals surface area contributed by atoms with Gasteiger partial charge in [0, 0.05) is 25.8 Å². The molecule has 0 spiro atoms. The van der Waals surface area contributed by atoms with Crippen molar-refractivity contribution in [3.8, 4) is 0 Å². The van der Waals surface area contributed by atoms with Crippen LogP contribution in [0, 0.1) is 13.8 Å². The first-order chi connectivity index (χ1) is 15.0. The minimum Gasteiger partial charge on any atom is -0.391 e. The SMILES string of the molecule is Cc1ccc(C)c([C@H]2CCCN2c2ccn3ncc(NC(=O)N4CC[C@H](O)C4)c3n2)c1. The van der Waals surface area contributed by atoms with Gasteiger partial charge in [-0.15, -0.1) is 0 Å². The molecule has 2 amide bonds. The minimum absolute atomic E-state index is 0.229. The Balaban J connectivity index is 1.43. The van der Waals surface area contributed by atoms with Gasteiger partial charge in [0.25, 0.3) is 0 Å². The maximum absolute atomic E-state index is 12.6. The molecule has 0 radical (unpaired) electrons. The lowest BCUT2D eigenvalue weighted by atomic mass is 9.97. The summed E-state index contributed by atoms with van der Waals surface area (Å²) in [5, 5.41) is 17.0. The monoisotopic (exact) mass is 420 g/mol. The van der Waals surface area contributed by atoms with Crippen LogP contribution in [-0.4, -0.2) is 56.4 Å². The van der Waals surface area contributed by atoms with Crippen LogP contribution in [0.25, 0.3) is 5.65 Å². The summed E-state index contributed by atoms with van der Waals surface area (Å²) >= 11 is 0. The summed E-state index contributed by atoms with van der Waals surface area (Å²) in [5.74, 6) is 0.892. The average molecular weight is 421 g/mol. The maximum atomic E-state index is 12.6. The smallest absolute Gasteiger partial charge is 0.322 e. The number of β-amino-alcohol motifs (C(OH)–C–C–N with tert-alkyl or cyclic N) is 1. The molecule has 5 rings (SSSR count). The van der Waals surface area contributed by atoms with E-state index in [1.807, 2.05) is 12.3 Å². The number of carbonyl (C=O) groups is 1. The molecule has 8 nitrogen and oxygen atoms in total. The third-order valence-electron chi connectivity index (χ3n) is 6.39. The van der Waals surface area contributed by atoms with E-state index in [4.69, 9.17) is 4.98 Å². The van der Waals surface area contributed by atoms with Crippen LogP contribution in [0.15, 0.2) is 36.7 Å². The summed E-state index contributed by atoms with van der Waals surface area (Å²) in [5.41, 5.74) is 5.12. The molecule has 2 aliphatic heterocycles. The van der Waals surface area contributed by atoms with Gasteiger partial charge in [0.05, 0.1) is 18.3 Å². The normalized spacial score (nSPS) is 21.3. The van der Waals surface area contributed by atoms with Crippen molar-refractivity contribution in [2.45, 2.75) is 45.3 Å². The maximum Gasteiger partial charge on any atom is 0.322 e. The fourth-order valence-corrected chi connectivity index (χ4v) is 4.71. The van der Waals surface area contributed by atoms with E-state index in [1.165, 1.54) is 16.7 Å². The van der Waals surface area contributed by atoms with Crippen molar-refractivity contribution in [2.24, 2.45) is 0 Å². The Morgan fingerprint density at radius 1 is 1.19 bits per heavy atom. The molecule has 1 aromatic carbocycles. The standard InChI is InChI=1S/C23H28N6O2/c1-15-5-6-16(2)18(12-15)20-4-3-9-28(20)21-8-11-29-22(26-21)19(13-24-29)25-23(31)27-10-7-17(30)14-27/h5-6,8,11-13,17,20,30H,3-4,7,9-10,14H2,1-2H3,(H,25,31)/t17-,20+/m0/s1. The number of rotatable bonds is 3. The van der Waals surface area contributed by atoms with Gasteiger partial charge >= 0.3 is 6.03 Å². The predicted molar refractivity (Wildman–Crippen MR) is 119 cm³/mol. The van der Waals surface area contributed by atoms with Crippen LogP contribution in [0.5, 0.6) is 0 Å². The summed E-state index contributed by atoms with van der Waals surface area (Å²) in [6.45, 7) is 6.16. The summed E-state index contributed by atoms with van der Waals surface area (Å²) in [6, 6.07) is 8.69. The second-order valence-corrected chi connectivity index (χ2v) is 8.64. The number of hydrogen-bond acceptors (Lipinski definition) is 5. The molecular weight excluding hydrogens is 392 g/mol. The molecular formula is C23H28N6O2. The van der Waals surface area contributed by atoms with Gasteiger partial charge in [-0.3, -0.25) is 0 Å². The number of anilines is 2. The quantitative estimate of drug-likeness (QED) is 0.679. The number of aliphatic hydroxyl groups excluding tert-OH is 1. The van der Waals surface area contributed by atoms with Crippen molar-refractivity contribution in [3.63, 3.8) is 0 Å². The zero-order chi connectivity index (χ0) is 21.5. The number of aryl methyl sites for hydroxylation is 2. The first-order valence-corrected chi connectivity index (χ1v) is 10.9. The van der Waals surface area contributed by atoms with Gasteiger partial charge in [0.1, 0.15) is 11.5 Å². The van der Waals surface area contributed by atoms with Crippen LogP contribution in [0.4, 0.5) is 16.3 Å². The number of nitrogens with one attached hydrogen (secondary N) is 1. The molecule has 0 unspecified atom stereocenters. The Morgan fingerprint density at radius 3 is 2.87 bits per heavy atom. The molecule has 8 heteroatoms. The number of likely N-dealkylation sites (tertiary alicyclic amines) is 1. The first-order valence-electron chi connectivity index (χ1n) is 10.9. The Morgan fingerprint density at radius 2 is 2.06 bits per heavy atom. The largest absolute Gasteiger partial charge is 0.391 e. The molecule has 2 aliphatic rings. The van der Waals surface area contributed by atoms with Crippen molar-refractivity contribution in [1.82, 2.24) is 19.5 Å². The number of amides is 2. The molecule has 2 saturated heterocycles. The second-order valence-electron chi connectivity index (χ2n) is 8.64. The zero-order valence-electron chi connectivity index (χ0n) is 18.0. The molecule has 2 fully saturated rings. The van der Waals surface area contributed by atoms with Crippen LogP contribution in [0.1, 0.15) is 42.0 Å². The number of nitrogens with zero attached hydrogens (tertiary/aromatic N) is 5. The lowest BCUT2D eigenvalue weighted by Gasteiger charge is -2.27.